The molecule has 114 valence electrons. The Labute approximate surface area is 122 Å². The molecule has 1 fully saturated rings. The monoisotopic (exact) mass is 280 g/mol. The van der Waals surface area contributed by atoms with Crippen molar-refractivity contribution in [3.63, 3.8) is 0 Å². The van der Waals surface area contributed by atoms with Crippen LogP contribution in [-0.4, -0.2) is 34.2 Å². The maximum absolute atomic E-state index is 9.29. The van der Waals surface area contributed by atoms with E-state index >= 15 is 0 Å². The summed E-state index contributed by atoms with van der Waals surface area (Å²) < 4.78 is 5.88. The molecule has 0 spiro atoms. The average molecular weight is 280 g/mol. The molecule has 0 saturated heterocycles. The predicted octanol–water partition coefficient (Wildman–Crippen LogP) is 3.10. The van der Waals surface area contributed by atoms with Gasteiger partial charge < -0.3 is 9.52 Å². The third-order valence-electron chi connectivity index (χ3n) is 4.11. The second-order valence-electron chi connectivity index (χ2n) is 6.85. The average Bonchev–Trinajstić information content (AvgIpc) is 2.88. The van der Waals surface area contributed by atoms with Crippen molar-refractivity contribution in [2.24, 2.45) is 0 Å². The highest BCUT2D eigenvalue weighted by atomic mass is 16.4. The van der Waals surface area contributed by atoms with E-state index in [2.05, 4.69) is 30.7 Å². The van der Waals surface area contributed by atoms with Gasteiger partial charge in [-0.25, -0.2) is 4.98 Å². The van der Waals surface area contributed by atoms with E-state index in [9.17, 15) is 5.11 Å². The van der Waals surface area contributed by atoms with Crippen LogP contribution in [0.3, 0.4) is 0 Å². The molecule has 1 aliphatic carbocycles. The van der Waals surface area contributed by atoms with E-state index in [-0.39, 0.29) is 12.0 Å². The maximum atomic E-state index is 9.29. The molecule has 0 atom stereocenters. The lowest BCUT2D eigenvalue weighted by Gasteiger charge is -2.33. The third-order valence-corrected chi connectivity index (χ3v) is 4.11. The minimum Gasteiger partial charge on any atom is -0.444 e. The zero-order valence-electron chi connectivity index (χ0n) is 13.1. The van der Waals surface area contributed by atoms with Gasteiger partial charge >= 0.3 is 0 Å². The van der Waals surface area contributed by atoms with E-state index in [0.717, 1.165) is 11.7 Å². The van der Waals surface area contributed by atoms with E-state index in [1.54, 1.807) is 0 Å². The van der Waals surface area contributed by atoms with Crippen molar-refractivity contribution in [1.29, 1.82) is 0 Å². The first-order valence-electron chi connectivity index (χ1n) is 7.81. The molecule has 4 heteroatoms. The standard InChI is InChI=1S/C16H28N2O2/c1-16(2,3)14-11-17-15(20-14)12-18(9-10-19)13-7-5-4-6-8-13/h11,13,19H,4-10,12H2,1-3H3. The molecule has 0 amide bonds. The van der Waals surface area contributed by atoms with Gasteiger partial charge in [-0.05, 0) is 12.8 Å². The summed E-state index contributed by atoms with van der Waals surface area (Å²) >= 11 is 0. The Kier molecular flexibility index (Phi) is 5.22. The summed E-state index contributed by atoms with van der Waals surface area (Å²) in [4.78, 5) is 6.74. The summed E-state index contributed by atoms with van der Waals surface area (Å²) in [6.07, 6.45) is 8.24. The SMILES string of the molecule is CC(C)(C)c1cnc(CN(CCO)C2CCCCC2)o1. The minimum atomic E-state index is -0.00209. The van der Waals surface area contributed by atoms with Gasteiger partial charge in [0.15, 0.2) is 0 Å². The smallest absolute Gasteiger partial charge is 0.208 e. The highest BCUT2D eigenvalue weighted by molar-refractivity contribution is 5.06. The summed E-state index contributed by atoms with van der Waals surface area (Å²) in [6.45, 7) is 8.00. The molecule has 1 aromatic heterocycles. The molecule has 1 aliphatic rings. The molecule has 4 nitrogen and oxygen atoms in total. The highest BCUT2D eigenvalue weighted by Crippen LogP contribution is 2.26. The quantitative estimate of drug-likeness (QED) is 0.900. The van der Waals surface area contributed by atoms with E-state index in [0.29, 0.717) is 19.1 Å². The van der Waals surface area contributed by atoms with Gasteiger partial charge in [-0.15, -0.1) is 0 Å². The first kappa shape index (κ1) is 15.5. The molecular formula is C16H28N2O2. The second kappa shape index (κ2) is 6.72. The van der Waals surface area contributed by atoms with Crippen LogP contribution in [0.2, 0.25) is 0 Å². The summed E-state index contributed by atoms with van der Waals surface area (Å²) in [6, 6.07) is 0.570. The van der Waals surface area contributed by atoms with E-state index < -0.39 is 0 Å². The van der Waals surface area contributed by atoms with Crippen LogP contribution in [0.15, 0.2) is 10.6 Å². The number of nitrogens with zero attached hydrogens (tertiary/aromatic N) is 2. The lowest BCUT2D eigenvalue weighted by molar-refractivity contribution is 0.107. The molecule has 2 rings (SSSR count). The minimum absolute atomic E-state index is 0.00209. The fraction of sp³-hybridized carbons (Fsp3) is 0.812. The van der Waals surface area contributed by atoms with Gasteiger partial charge in [-0.2, -0.15) is 0 Å². The Morgan fingerprint density at radius 2 is 2.00 bits per heavy atom. The largest absolute Gasteiger partial charge is 0.444 e. The Balaban J connectivity index is 2.01. The summed E-state index contributed by atoms with van der Waals surface area (Å²) in [5.41, 5.74) is -0.00209. The molecule has 1 saturated carbocycles. The van der Waals surface area contributed by atoms with Gasteiger partial charge in [0.25, 0.3) is 0 Å². The normalized spacial score (nSPS) is 17.9. The number of oxazole rings is 1. The summed E-state index contributed by atoms with van der Waals surface area (Å²) in [7, 11) is 0. The maximum Gasteiger partial charge on any atom is 0.208 e. The van der Waals surface area contributed by atoms with Crippen LogP contribution in [-0.2, 0) is 12.0 Å². The molecule has 1 aromatic rings. The van der Waals surface area contributed by atoms with Crippen molar-refractivity contribution >= 4 is 0 Å². The highest BCUT2D eigenvalue weighted by Gasteiger charge is 2.24. The number of aliphatic hydroxyl groups is 1. The Bertz CT molecular complexity index is 403. The van der Waals surface area contributed by atoms with Crippen molar-refractivity contribution in [3.8, 4) is 0 Å². The molecular weight excluding hydrogens is 252 g/mol. The zero-order chi connectivity index (χ0) is 14.6. The third kappa shape index (κ3) is 4.06. The fourth-order valence-corrected chi connectivity index (χ4v) is 2.87. The Morgan fingerprint density at radius 1 is 1.30 bits per heavy atom. The van der Waals surface area contributed by atoms with Crippen LogP contribution in [0.4, 0.5) is 0 Å². The van der Waals surface area contributed by atoms with Crippen molar-refractivity contribution < 1.29 is 9.52 Å². The van der Waals surface area contributed by atoms with Crippen LogP contribution >= 0.6 is 0 Å². The number of aliphatic hydroxyl groups excluding tert-OH is 1. The molecule has 0 aromatic carbocycles. The van der Waals surface area contributed by atoms with Gasteiger partial charge in [0.2, 0.25) is 5.89 Å². The fourth-order valence-electron chi connectivity index (χ4n) is 2.87. The molecule has 1 heterocycles. The van der Waals surface area contributed by atoms with Crippen molar-refractivity contribution in [2.45, 2.75) is 70.9 Å². The van der Waals surface area contributed by atoms with Crippen molar-refractivity contribution in [2.75, 3.05) is 13.2 Å². The van der Waals surface area contributed by atoms with Crippen LogP contribution in [0.5, 0.6) is 0 Å². The number of aromatic nitrogens is 1. The van der Waals surface area contributed by atoms with Crippen LogP contribution in [0.1, 0.15) is 64.5 Å². The van der Waals surface area contributed by atoms with Gasteiger partial charge in [0.05, 0.1) is 19.3 Å². The van der Waals surface area contributed by atoms with Gasteiger partial charge in [0, 0.05) is 18.0 Å². The zero-order valence-corrected chi connectivity index (χ0v) is 13.1. The first-order chi connectivity index (χ1) is 9.50. The molecule has 0 bridgehead atoms. The van der Waals surface area contributed by atoms with Gasteiger partial charge in [-0.3, -0.25) is 4.90 Å². The molecule has 0 unspecified atom stereocenters. The lowest BCUT2D eigenvalue weighted by atomic mass is 9.94. The van der Waals surface area contributed by atoms with Crippen LogP contribution in [0, 0.1) is 0 Å². The molecule has 1 N–H and O–H groups in total. The van der Waals surface area contributed by atoms with Crippen molar-refractivity contribution in [1.82, 2.24) is 9.88 Å². The van der Waals surface area contributed by atoms with Crippen molar-refractivity contribution in [3.05, 3.63) is 17.8 Å². The van der Waals surface area contributed by atoms with Gasteiger partial charge in [0.1, 0.15) is 5.76 Å². The molecule has 0 radical (unpaired) electrons. The Morgan fingerprint density at radius 3 is 2.55 bits per heavy atom. The van der Waals surface area contributed by atoms with Gasteiger partial charge in [-0.1, -0.05) is 40.0 Å². The number of hydrogen-bond donors (Lipinski definition) is 1. The van der Waals surface area contributed by atoms with Crippen LogP contribution < -0.4 is 0 Å². The molecule has 0 aliphatic heterocycles. The number of rotatable bonds is 5. The topological polar surface area (TPSA) is 49.5 Å². The lowest BCUT2D eigenvalue weighted by Crippen LogP contribution is -2.38. The van der Waals surface area contributed by atoms with E-state index in [1.807, 2.05) is 6.20 Å². The second-order valence-corrected chi connectivity index (χ2v) is 6.85. The molecule has 20 heavy (non-hydrogen) atoms. The first-order valence-corrected chi connectivity index (χ1v) is 7.81. The Hall–Kier alpha value is -0.870. The van der Waals surface area contributed by atoms with E-state index in [1.165, 1.54) is 32.1 Å². The summed E-state index contributed by atoms with van der Waals surface area (Å²) in [5.74, 6) is 1.70. The number of hydrogen-bond acceptors (Lipinski definition) is 4. The summed E-state index contributed by atoms with van der Waals surface area (Å²) in [5, 5.41) is 9.29. The van der Waals surface area contributed by atoms with Crippen LogP contribution in [0.25, 0.3) is 0 Å². The predicted molar refractivity (Wildman–Crippen MR) is 79.6 cm³/mol. The van der Waals surface area contributed by atoms with E-state index in [4.69, 9.17) is 4.42 Å².